The van der Waals surface area contributed by atoms with Gasteiger partial charge in [-0.15, -0.1) is 0 Å². The number of benzene rings is 2. The van der Waals surface area contributed by atoms with E-state index in [-0.39, 0.29) is 66.5 Å². The van der Waals surface area contributed by atoms with Crippen molar-refractivity contribution in [3.05, 3.63) is 82.5 Å². The fourth-order valence-electron chi connectivity index (χ4n) is 9.31. The van der Waals surface area contributed by atoms with E-state index in [0.29, 0.717) is 116 Å². The minimum atomic E-state index is -0.723. The zero-order valence-corrected chi connectivity index (χ0v) is 44.6. The van der Waals surface area contributed by atoms with Crippen molar-refractivity contribution < 1.29 is 43.0 Å². The number of aryl methyl sites for hydroxylation is 4. The molecule has 6 N–H and O–H groups in total. The van der Waals surface area contributed by atoms with Gasteiger partial charge in [0.2, 0.25) is 23.7 Å². The number of imidazole rings is 2. The molecule has 0 radical (unpaired) electrons. The Morgan fingerprint density at radius 1 is 0.688 bits per heavy atom. The number of rotatable bonds is 15. The van der Waals surface area contributed by atoms with Crippen molar-refractivity contribution in [2.75, 3.05) is 63.6 Å². The molecule has 7 amide bonds. The van der Waals surface area contributed by atoms with Crippen LogP contribution in [-0.2, 0) is 30.9 Å². The number of nitrogens with two attached hydrogens (primary N) is 2. The van der Waals surface area contributed by atoms with Gasteiger partial charge in [0, 0.05) is 82.5 Å². The van der Waals surface area contributed by atoms with E-state index < -0.39 is 29.2 Å². The molecule has 0 spiro atoms. The molecule has 6 aromatic rings. The number of carbonyl (C=O) groups excluding carboxylic acids is 6. The number of allylic oxidation sites excluding steroid dienone is 2. The third-order valence-corrected chi connectivity index (χ3v) is 13.0. The molecule has 0 saturated carbocycles. The first-order valence-electron chi connectivity index (χ1n) is 25.5. The molecule has 2 saturated heterocycles. The Labute approximate surface area is 444 Å². The smallest absolute Gasteiger partial charge is 0.410 e. The van der Waals surface area contributed by atoms with E-state index in [1.54, 1.807) is 54.3 Å². The van der Waals surface area contributed by atoms with Gasteiger partial charge in [-0.25, -0.2) is 19.6 Å². The summed E-state index contributed by atoms with van der Waals surface area (Å²) in [5.74, 6) is 4.90. The molecule has 24 heteroatoms. The molecule has 0 bridgehead atoms. The minimum absolute atomic E-state index is 0.00279. The number of urea groups is 1. The molecular weight excluding hydrogens is 991 g/mol. The minimum Gasteiger partial charge on any atom is -0.494 e. The number of likely N-dealkylation sites (tertiary alicyclic amines) is 1. The first-order chi connectivity index (χ1) is 36.7. The van der Waals surface area contributed by atoms with Gasteiger partial charge in [0.1, 0.15) is 46.1 Å². The van der Waals surface area contributed by atoms with Crippen LogP contribution < -0.4 is 31.6 Å². The molecular formula is C53H65N15O9. The van der Waals surface area contributed by atoms with Crippen LogP contribution in [0, 0.1) is 31.6 Å². The maximum atomic E-state index is 14.0. The number of piperazine rings is 1. The summed E-state index contributed by atoms with van der Waals surface area (Å²) in [6, 6.07) is 9.35. The second kappa shape index (κ2) is 22.9. The van der Waals surface area contributed by atoms with Crippen LogP contribution in [0.4, 0.5) is 21.5 Å². The summed E-state index contributed by atoms with van der Waals surface area (Å²) < 4.78 is 24.2. The summed E-state index contributed by atoms with van der Waals surface area (Å²) >= 11 is 0. The molecule has 406 valence electrons. The van der Waals surface area contributed by atoms with Crippen molar-refractivity contribution in [3.8, 4) is 23.3 Å². The summed E-state index contributed by atoms with van der Waals surface area (Å²) in [5.41, 5.74) is 14.7. The van der Waals surface area contributed by atoms with Crippen LogP contribution in [0.5, 0.6) is 11.5 Å². The Balaban J connectivity index is 1.04. The number of hydrogen-bond acceptors (Lipinski definition) is 13. The highest BCUT2D eigenvalue weighted by atomic mass is 16.6. The number of primary amides is 2. The number of hydrogen-bond donors (Lipinski definition) is 4. The van der Waals surface area contributed by atoms with E-state index >= 15 is 0 Å². The topological polar surface area (TPSA) is 287 Å². The zero-order valence-electron chi connectivity index (χ0n) is 44.6. The summed E-state index contributed by atoms with van der Waals surface area (Å²) in [6.45, 7) is 16.5. The first-order valence-corrected chi connectivity index (χ1v) is 25.5. The average molecular weight is 1060 g/mol. The molecule has 6 heterocycles. The third-order valence-electron chi connectivity index (χ3n) is 13.0. The van der Waals surface area contributed by atoms with Crippen LogP contribution in [-0.4, -0.2) is 148 Å². The molecule has 0 unspecified atom stereocenters. The van der Waals surface area contributed by atoms with Crippen molar-refractivity contribution in [2.45, 2.75) is 93.1 Å². The lowest BCUT2D eigenvalue weighted by atomic mass is 9.98. The van der Waals surface area contributed by atoms with E-state index in [0.717, 1.165) is 0 Å². The van der Waals surface area contributed by atoms with Crippen molar-refractivity contribution in [1.29, 1.82) is 0 Å². The first kappa shape index (κ1) is 54.4. The molecule has 0 atom stereocenters. The normalized spacial score (nSPS) is 14.2. The van der Waals surface area contributed by atoms with Crippen LogP contribution >= 0.6 is 0 Å². The molecule has 2 aromatic carbocycles. The summed E-state index contributed by atoms with van der Waals surface area (Å²) in [7, 11) is 1.45. The largest absolute Gasteiger partial charge is 0.494 e. The van der Waals surface area contributed by atoms with Gasteiger partial charge in [-0.1, -0.05) is 24.0 Å². The van der Waals surface area contributed by atoms with Gasteiger partial charge in [-0.2, -0.15) is 10.2 Å². The highest BCUT2D eigenvalue weighted by Gasteiger charge is 2.32. The van der Waals surface area contributed by atoms with Crippen LogP contribution in [0.25, 0.3) is 22.1 Å². The zero-order chi connectivity index (χ0) is 55.3. The maximum Gasteiger partial charge on any atom is 0.410 e. The summed E-state index contributed by atoms with van der Waals surface area (Å²) in [5, 5.41) is 14.7. The van der Waals surface area contributed by atoms with E-state index in [1.807, 2.05) is 51.7 Å². The fraction of sp³-hybridized carbons (Fsp3) is 0.434. The van der Waals surface area contributed by atoms with Crippen LogP contribution in [0.2, 0.25) is 0 Å². The van der Waals surface area contributed by atoms with Crippen LogP contribution in [0.3, 0.4) is 0 Å². The Kier molecular flexibility index (Phi) is 16.2. The van der Waals surface area contributed by atoms with Crippen LogP contribution in [0.1, 0.15) is 101 Å². The summed E-state index contributed by atoms with van der Waals surface area (Å²) in [4.78, 5) is 93.6. The van der Waals surface area contributed by atoms with E-state index in [1.165, 1.54) is 31.4 Å². The van der Waals surface area contributed by atoms with Gasteiger partial charge >= 0.3 is 12.1 Å². The van der Waals surface area contributed by atoms with Gasteiger partial charge in [-0.3, -0.25) is 39.2 Å². The number of methoxy groups -OCH3 is 1. The van der Waals surface area contributed by atoms with Crippen LogP contribution in [0.15, 0.2) is 48.6 Å². The van der Waals surface area contributed by atoms with Gasteiger partial charge in [0.15, 0.2) is 0 Å². The molecule has 8 rings (SSSR count). The molecule has 2 aliphatic heterocycles. The lowest BCUT2D eigenvalue weighted by molar-refractivity contribution is 0.0154. The Morgan fingerprint density at radius 2 is 1.16 bits per heavy atom. The lowest BCUT2D eigenvalue weighted by Crippen LogP contribution is -2.55. The highest BCUT2D eigenvalue weighted by Crippen LogP contribution is 2.33. The highest BCUT2D eigenvalue weighted by molar-refractivity contribution is 6.05. The molecule has 4 aromatic heterocycles. The SMILES string of the molecule is CCn1nc(C)cc1C(=O)Nc1nc2cc(C(N)=O)cc(OC)c2n1C/C=C/Cn1c(NC(=O)c2cc(C)nn2CC)nc2cc(C(N)=O)cc(OCC#CC3CCN(C(=O)N4CCN(C(=O)OC(C)(C)C)CC4)CC3)c21. The number of nitrogens with one attached hydrogen (secondary N) is 2. The monoisotopic (exact) mass is 1060 g/mol. The van der Waals surface area contributed by atoms with Crippen molar-refractivity contribution in [2.24, 2.45) is 17.4 Å². The third kappa shape index (κ3) is 12.3. The van der Waals surface area contributed by atoms with Gasteiger partial charge in [-0.05, 0) is 97.7 Å². The van der Waals surface area contributed by atoms with Crippen molar-refractivity contribution in [1.82, 2.24) is 53.4 Å². The summed E-state index contributed by atoms with van der Waals surface area (Å²) in [6.07, 6.45) is 4.57. The number of fused-ring (bicyclic) bond motifs is 2. The number of carbonyl (C=O) groups is 6. The standard InChI is InChI=1S/C53H65N15O9/c1-9-67-39(26-32(3)60-67)47(71)58-49-56-37-28-35(45(54)69)30-41(75-8)43(37)65(49)17-11-12-18-66-44-38(57-50(66)59-48(72)40-27-33(4)61-68(40)10-2)29-36(46(55)70)31-42(44)76-25-13-14-34-15-19-62(20-16-34)51(73)63-21-23-64(24-22-63)52(74)77-53(5,6)7/h11-12,26-31,34H,9-10,15-25H2,1-8H3,(H2,54,69)(H2,55,70)(H,56,58,71)(H,57,59,72)/b12-11+. The van der Waals surface area contributed by atoms with Crippen molar-refractivity contribution in [3.63, 3.8) is 0 Å². The molecule has 2 fully saturated rings. The number of ether oxygens (including phenoxy) is 3. The Morgan fingerprint density at radius 3 is 1.62 bits per heavy atom. The number of amides is 7. The number of nitrogens with zero attached hydrogens (tertiary/aromatic N) is 11. The van der Waals surface area contributed by atoms with Gasteiger partial charge in [0.25, 0.3) is 11.8 Å². The quantitative estimate of drug-likeness (QED) is 0.0764. The second-order valence-corrected chi connectivity index (χ2v) is 19.7. The second-order valence-electron chi connectivity index (χ2n) is 19.7. The molecule has 2 aliphatic rings. The fourth-order valence-corrected chi connectivity index (χ4v) is 9.31. The predicted molar refractivity (Wildman–Crippen MR) is 286 cm³/mol. The van der Waals surface area contributed by atoms with E-state index in [4.69, 9.17) is 35.6 Å². The average Bonchev–Trinajstić information content (AvgIpc) is 4.21. The molecule has 0 aliphatic carbocycles. The molecule has 77 heavy (non-hydrogen) atoms. The Hall–Kier alpha value is -8.88. The maximum absolute atomic E-state index is 14.0. The van der Waals surface area contributed by atoms with E-state index in [2.05, 4.69) is 32.7 Å². The number of piperidine rings is 1. The predicted octanol–water partition coefficient (Wildman–Crippen LogP) is 5.17. The number of anilines is 2. The Bertz CT molecular complexity index is 3350. The number of aromatic nitrogens is 8. The van der Waals surface area contributed by atoms with Gasteiger partial charge < -0.3 is 49.5 Å². The molecule has 24 nitrogen and oxygen atoms in total. The lowest BCUT2D eigenvalue weighted by Gasteiger charge is -2.39. The van der Waals surface area contributed by atoms with Crippen molar-refractivity contribution >= 4 is 69.7 Å². The van der Waals surface area contributed by atoms with E-state index in [9.17, 15) is 28.8 Å². The van der Waals surface area contributed by atoms with Gasteiger partial charge in [0.05, 0.1) is 29.5 Å².